The van der Waals surface area contributed by atoms with Gasteiger partial charge >= 0.3 is 17.9 Å². The first kappa shape index (κ1) is 27.0. The molecular formula is C25H24O12. The van der Waals surface area contributed by atoms with E-state index in [1.165, 1.54) is 36.4 Å². The number of carboxylic acids is 1. The maximum atomic E-state index is 12.4. The second kappa shape index (κ2) is 11.0. The molecule has 4 unspecified atom stereocenters. The highest BCUT2D eigenvalue weighted by molar-refractivity contribution is 5.88. The molecule has 0 saturated heterocycles. The molecule has 0 aliphatic heterocycles. The van der Waals surface area contributed by atoms with Gasteiger partial charge in [0, 0.05) is 37.1 Å². The highest BCUT2D eigenvalue weighted by atomic mass is 16.6. The van der Waals surface area contributed by atoms with Gasteiger partial charge in [-0.25, -0.2) is 14.4 Å². The lowest BCUT2D eigenvalue weighted by Gasteiger charge is -2.40. The van der Waals surface area contributed by atoms with Gasteiger partial charge in [0.2, 0.25) is 0 Å². The average Bonchev–Trinajstić information content (AvgIpc) is 2.77. The van der Waals surface area contributed by atoms with Crippen LogP contribution in [-0.4, -0.2) is 77.6 Å². The van der Waals surface area contributed by atoms with Crippen molar-refractivity contribution in [3.05, 3.63) is 59.7 Å². The van der Waals surface area contributed by atoms with Crippen LogP contribution in [0.3, 0.4) is 0 Å². The van der Waals surface area contributed by atoms with Gasteiger partial charge in [-0.3, -0.25) is 0 Å². The van der Waals surface area contributed by atoms with Crippen molar-refractivity contribution in [2.24, 2.45) is 0 Å². The van der Waals surface area contributed by atoms with Crippen LogP contribution in [0.25, 0.3) is 12.2 Å². The van der Waals surface area contributed by atoms with Gasteiger partial charge in [0.1, 0.15) is 29.1 Å². The van der Waals surface area contributed by atoms with Gasteiger partial charge in [-0.2, -0.15) is 0 Å². The molecule has 7 N–H and O–H groups in total. The molecule has 0 heterocycles. The molecular weight excluding hydrogens is 492 g/mol. The fraction of sp³-hybridized carbons (Fsp3) is 0.240. The minimum Gasteiger partial charge on any atom is -0.508 e. The topological polar surface area (TPSA) is 211 Å². The summed E-state index contributed by atoms with van der Waals surface area (Å²) in [6, 6.07) is 7.11. The Kier molecular flexibility index (Phi) is 8.05. The summed E-state index contributed by atoms with van der Waals surface area (Å²) in [5.74, 6) is -4.81. The van der Waals surface area contributed by atoms with Crippen molar-refractivity contribution < 1.29 is 59.6 Å². The van der Waals surface area contributed by atoms with Crippen molar-refractivity contribution in [3.63, 3.8) is 0 Å². The number of hydrogen-bond donors (Lipinski definition) is 7. The summed E-state index contributed by atoms with van der Waals surface area (Å²) in [6.07, 6.45) is -2.07. The molecule has 0 radical (unpaired) electrons. The minimum atomic E-state index is -2.47. The van der Waals surface area contributed by atoms with Gasteiger partial charge in [0.15, 0.2) is 11.7 Å². The van der Waals surface area contributed by atoms with Crippen molar-refractivity contribution in [2.45, 2.75) is 36.8 Å². The number of rotatable bonds is 7. The van der Waals surface area contributed by atoms with Crippen LogP contribution in [0.5, 0.6) is 23.0 Å². The van der Waals surface area contributed by atoms with Crippen molar-refractivity contribution in [1.29, 1.82) is 0 Å². The highest BCUT2D eigenvalue weighted by Crippen LogP contribution is 2.33. The molecule has 37 heavy (non-hydrogen) atoms. The number of phenols is 4. The van der Waals surface area contributed by atoms with Gasteiger partial charge in [-0.1, -0.05) is 0 Å². The second-order valence-electron chi connectivity index (χ2n) is 8.42. The zero-order valence-electron chi connectivity index (χ0n) is 19.1. The van der Waals surface area contributed by atoms with Crippen LogP contribution in [0.15, 0.2) is 48.6 Å². The molecule has 196 valence electrons. The molecule has 4 atom stereocenters. The average molecular weight is 516 g/mol. The van der Waals surface area contributed by atoms with Gasteiger partial charge < -0.3 is 45.2 Å². The first-order valence-corrected chi connectivity index (χ1v) is 10.8. The van der Waals surface area contributed by atoms with Crippen LogP contribution in [-0.2, 0) is 23.9 Å². The molecule has 2 aromatic rings. The maximum Gasteiger partial charge on any atom is 0.335 e. The summed E-state index contributed by atoms with van der Waals surface area (Å²) in [7, 11) is 0. The van der Waals surface area contributed by atoms with E-state index in [4.69, 9.17) is 9.47 Å². The Morgan fingerprint density at radius 2 is 1.19 bits per heavy atom. The fourth-order valence-electron chi connectivity index (χ4n) is 3.80. The summed E-state index contributed by atoms with van der Waals surface area (Å²) in [6.45, 7) is 0. The first-order chi connectivity index (χ1) is 17.3. The van der Waals surface area contributed by atoms with Crippen LogP contribution in [0.1, 0.15) is 24.0 Å². The van der Waals surface area contributed by atoms with E-state index in [1.807, 2.05) is 0 Å². The van der Waals surface area contributed by atoms with Crippen molar-refractivity contribution in [2.75, 3.05) is 0 Å². The number of aliphatic hydroxyl groups excluding tert-OH is 1. The molecule has 12 nitrogen and oxygen atoms in total. The summed E-state index contributed by atoms with van der Waals surface area (Å²) >= 11 is 0. The molecule has 0 spiro atoms. The van der Waals surface area contributed by atoms with E-state index >= 15 is 0 Å². The van der Waals surface area contributed by atoms with Crippen molar-refractivity contribution in [3.8, 4) is 23.0 Å². The quantitative estimate of drug-likeness (QED) is 0.203. The standard InChI is InChI=1S/C25H24O12/c26-15-5-13(6-16(27)9-15)1-3-21(31)36-20-12-25(35,24(33)34)11-19(30)23(20)37-22(32)4-2-14-7-17(28)10-18(29)8-14/h1-10,19-20,23,26-30,35H,11-12H2,(H,33,34)/b3-1+,4-2+. The molecule has 12 heteroatoms. The number of carboxylic acid groups (broad SMARTS) is 1. The summed E-state index contributed by atoms with van der Waals surface area (Å²) in [5, 5.41) is 68.3. The van der Waals surface area contributed by atoms with Crippen molar-refractivity contribution >= 4 is 30.1 Å². The predicted molar refractivity (Wildman–Crippen MR) is 125 cm³/mol. The number of aliphatic hydroxyl groups is 2. The van der Waals surface area contributed by atoms with E-state index in [0.29, 0.717) is 0 Å². The van der Waals surface area contributed by atoms with Gasteiger partial charge in [0.05, 0.1) is 6.10 Å². The lowest BCUT2D eigenvalue weighted by molar-refractivity contribution is -0.204. The van der Waals surface area contributed by atoms with Gasteiger partial charge in [-0.05, 0) is 47.5 Å². The second-order valence-corrected chi connectivity index (χ2v) is 8.42. The van der Waals surface area contributed by atoms with Crippen LogP contribution in [0.4, 0.5) is 0 Å². The normalized spacial score (nSPS) is 23.7. The minimum absolute atomic E-state index is 0.228. The van der Waals surface area contributed by atoms with Gasteiger partial charge in [0.25, 0.3) is 0 Å². The molecule has 0 amide bonds. The molecule has 1 saturated carbocycles. The number of benzene rings is 2. The molecule has 1 aliphatic rings. The monoisotopic (exact) mass is 516 g/mol. The number of aliphatic carboxylic acids is 1. The Balaban J connectivity index is 1.77. The summed E-state index contributed by atoms with van der Waals surface area (Å²) in [4.78, 5) is 36.3. The Hall–Kier alpha value is -4.55. The Morgan fingerprint density at radius 3 is 1.62 bits per heavy atom. The lowest BCUT2D eigenvalue weighted by Crippen LogP contribution is -2.58. The van der Waals surface area contributed by atoms with E-state index in [0.717, 1.165) is 24.3 Å². The Labute approximate surface area is 209 Å². The number of carbonyl (C=O) groups excluding carboxylic acids is 2. The van der Waals surface area contributed by atoms with E-state index < -0.39 is 54.7 Å². The molecule has 1 fully saturated rings. The SMILES string of the molecule is O=C(/C=C/c1cc(O)cc(O)c1)OC1CC(O)(C(=O)O)CC(O)C1OC(=O)/C=C/c1cc(O)cc(O)c1. The summed E-state index contributed by atoms with van der Waals surface area (Å²) in [5.41, 5.74) is -2.00. The summed E-state index contributed by atoms with van der Waals surface area (Å²) < 4.78 is 10.4. The molecule has 0 aromatic heterocycles. The number of hydrogen-bond acceptors (Lipinski definition) is 11. The van der Waals surface area contributed by atoms with E-state index in [2.05, 4.69) is 0 Å². The zero-order valence-corrected chi connectivity index (χ0v) is 19.1. The Morgan fingerprint density at radius 1 is 0.757 bits per heavy atom. The highest BCUT2D eigenvalue weighted by Gasteiger charge is 2.52. The van der Waals surface area contributed by atoms with Crippen molar-refractivity contribution in [1.82, 2.24) is 0 Å². The molecule has 2 aromatic carbocycles. The maximum absolute atomic E-state index is 12.4. The third-order valence-electron chi connectivity index (χ3n) is 5.42. The van der Waals surface area contributed by atoms with Crippen LogP contribution >= 0.6 is 0 Å². The zero-order chi connectivity index (χ0) is 27.3. The van der Waals surface area contributed by atoms with E-state index in [1.54, 1.807) is 0 Å². The number of phenolic OH excluding ortho intramolecular Hbond substituents is 4. The largest absolute Gasteiger partial charge is 0.508 e. The smallest absolute Gasteiger partial charge is 0.335 e. The predicted octanol–water partition coefficient (Wildman–Crippen LogP) is 1.03. The third-order valence-corrected chi connectivity index (χ3v) is 5.42. The van der Waals surface area contributed by atoms with Gasteiger partial charge in [-0.15, -0.1) is 0 Å². The third kappa shape index (κ3) is 7.22. The number of esters is 2. The number of ether oxygens (including phenoxy) is 2. The number of carbonyl (C=O) groups is 3. The Bertz CT molecular complexity index is 1210. The van der Waals surface area contributed by atoms with Crippen LogP contribution in [0.2, 0.25) is 0 Å². The van der Waals surface area contributed by atoms with Crippen LogP contribution < -0.4 is 0 Å². The van der Waals surface area contributed by atoms with E-state index in [9.17, 15) is 50.1 Å². The first-order valence-electron chi connectivity index (χ1n) is 10.8. The fourth-order valence-corrected chi connectivity index (χ4v) is 3.80. The van der Waals surface area contributed by atoms with E-state index in [-0.39, 0.29) is 34.1 Å². The lowest BCUT2D eigenvalue weighted by atomic mass is 9.79. The van der Waals surface area contributed by atoms with Crippen LogP contribution in [0, 0.1) is 0 Å². The molecule has 3 rings (SSSR count). The molecule has 0 bridgehead atoms. The number of aromatic hydroxyl groups is 4. The molecule has 1 aliphatic carbocycles.